The van der Waals surface area contributed by atoms with E-state index in [0.29, 0.717) is 13.0 Å². The van der Waals surface area contributed by atoms with Crippen molar-refractivity contribution in [2.24, 2.45) is 5.73 Å². The van der Waals surface area contributed by atoms with Gasteiger partial charge in [0.25, 0.3) is 0 Å². The zero-order valence-electron chi connectivity index (χ0n) is 8.14. The molecule has 4 nitrogen and oxygen atoms in total. The third-order valence-electron chi connectivity index (χ3n) is 1.70. The van der Waals surface area contributed by atoms with Crippen LogP contribution in [0.4, 0.5) is 0 Å². The van der Waals surface area contributed by atoms with Gasteiger partial charge in [-0.2, -0.15) is 0 Å². The highest BCUT2D eigenvalue weighted by Crippen LogP contribution is 1.97. The van der Waals surface area contributed by atoms with Crippen LogP contribution in [0.25, 0.3) is 0 Å². The largest absolute Gasteiger partial charge is 0.370 e. The Kier molecular flexibility index (Phi) is 6.96. The van der Waals surface area contributed by atoms with Gasteiger partial charge in [0.1, 0.15) is 0 Å². The van der Waals surface area contributed by atoms with E-state index < -0.39 is 0 Å². The first-order valence-corrected chi connectivity index (χ1v) is 4.71. The van der Waals surface area contributed by atoms with E-state index in [1.165, 1.54) is 0 Å². The summed E-state index contributed by atoms with van der Waals surface area (Å²) in [4.78, 5) is 21.3. The summed E-state index contributed by atoms with van der Waals surface area (Å²) in [5.74, 6) is -0.372. The molecule has 0 atom stereocenters. The molecule has 0 aromatic rings. The van der Waals surface area contributed by atoms with Gasteiger partial charge in [-0.15, -0.1) is 0 Å². The van der Waals surface area contributed by atoms with Gasteiger partial charge in [-0.25, -0.2) is 0 Å². The fourth-order valence-electron chi connectivity index (χ4n) is 0.949. The molecular weight excluding hydrogens is 168 g/mol. The summed E-state index contributed by atoms with van der Waals surface area (Å²) in [6.45, 7) is 2.45. The molecule has 76 valence electrons. The molecular formula is C9H18N2O2. The predicted molar refractivity (Wildman–Crippen MR) is 51.0 cm³/mol. The Morgan fingerprint density at radius 1 is 1.23 bits per heavy atom. The number of unbranched alkanes of at least 4 members (excludes halogenated alkanes) is 2. The predicted octanol–water partition coefficient (Wildman–Crippen LogP) is 0.558. The van der Waals surface area contributed by atoms with Crippen LogP contribution in [0.1, 0.15) is 39.0 Å². The maximum atomic E-state index is 11.0. The number of primary amides is 1. The Morgan fingerprint density at radius 2 is 1.92 bits per heavy atom. The fraction of sp³-hybridized carbons (Fsp3) is 0.778. The van der Waals surface area contributed by atoms with Crippen LogP contribution < -0.4 is 11.1 Å². The molecule has 0 saturated carbocycles. The van der Waals surface area contributed by atoms with Gasteiger partial charge in [0.2, 0.25) is 11.8 Å². The van der Waals surface area contributed by atoms with Crippen molar-refractivity contribution in [2.75, 3.05) is 6.54 Å². The van der Waals surface area contributed by atoms with E-state index in [4.69, 9.17) is 5.73 Å². The van der Waals surface area contributed by atoms with Gasteiger partial charge in [-0.1, -0.05) is 19.8 Å². The average molecular weight is 186 g/mol. The van der Waals surface area contributed by atoms with Gasteiger partial charge < -0.3 is 11.1 Å². The summed E-state index contributed by atoms with van der Waals surface area (Å²) in [5.41, 5.74) is 4.91. The molecule has 0 fully saturated rings. The van der Waals surface area contributed by atoms with Crippen LogP contribution in [0.5, 0.6) is 0 Å². The minimum atomic E-state index is -0.381. The molecule has 0 aliphatic rings. The lowest BCUT2D eigenvalue weighted by molar-refractivity contribution is -0.121. The van der Waals surface area contributed by atoms with E-state index in [0.717, 1.165) is 19.3 Å². The number of amides is 2. The molecule has 0 aromatic heterocycles. The molecule has 0 saturated heterocycles. The first kappa shape index (κ1) is 11.9. The summed E-state index contributed by atoms with van der Waals surface area (Å²) in [6, 6.07) is 0. The molecule has 0 aromatic carbocycles. The van der Waals surface area contributed by atoms with Gasteiger partial charge in [-0.3, -0.25) is 9.59 Å². The smallest absolute Gasteiger partial charge is 0.220 e. The standard InChI is InChI=1S/C9H18N2O2/c1-2-3-4-5-9(13)11-7-6-8(10)12/h2-7H2,1H3,(H2,10,12)(H,11,13). The van der Waals surface area contributed by atoms with Crippen LogP contribution in [0.2, 0.25) is 0 Å². The van der Waals surface area contributed by atoms with Crippen LogP contribution in [0, 0.1) is 0 Å². The number of nitrogens with two attached hydrogens (primary N) is 1. The van der Waals surface area contributed by atoms with Crippen LogP contribution in [0.3, 0.4) is 0 Å². The number of hydrogen-bond donors (Lipinski definition) is 2. The Morgan fingerprint density at radius 3 is 2.46 bits per heavy atom. The SMILES string of the molecule is CCCCCC(=O)NCCC(N)=O. The molecule has 2 amide bonds. The zero-order chi connectivity index (χ0) is 10.1. The van der Waals surface area contributed by atoms with E-state index in [1.54, 1.807) is 0 Å². The number of carbonyl (C=O) groups excluding carboxylic acids is 2. The number of hydrogen-bond acceptors (Lipinski definition) is 2. The highest BCUT2D eigenvalue weighted by molar-refractivity contribution is 5.77. The lowest BCUT2D eigenvalue weighted by Crippen LogP contribution is -2.27. The average Bonchev–Trinajstić information content (AvgIpc) is 2.04. The number of carbonyl (C=O) groups is 2. The van der Waals surface area contributed by atoms with Crippen molar-refractivity contribution in [1.82, 2.24) is 5.32 Å². The molecule has 0 heterocycles. The first-order valence-electron chi connectivity index (χ1n) is 4.71. The van der Waals surface area contributed by atoms with Crippen molar-refractivity contribution in [3.8, 4) is 0 Å². The third kappa shape index (κ3) is 8.85. The van der Waals surface area contributed by atoms with Crippen LogP contribution in [-0.2, 0) is 9.59 Å². The highest BCUT2D eigenvalue weighted by Gasteiger charge is 2.00. The fourth-order valence-corrected chi connectivity index (χ4v) is 0.949. The molecule has 0 spiro atoms. The van der Waals surface area contributed by atoms with E-state index in [9.17, 15) is 9.59 Å². The second-order valence-corrected chi connectivity index (χ2v) is 3.02. The van der Waals surface area contributed by atoms with Crippen LogP contribution in [-0.4, -0.2) is 18.4 Å². The van der Waals surface area contributed by atoms with Crippen molar-refractivity contribution in [2.45, 2.75) is 39.0 Å². The topological polar surface area (TPSA) is 72.2 Å². The zero-order valence-corrected chi connectivity index (χ0v) is 8.14. The van der Waals surface area contributed by atoms with Gasteiger partial charge in [-0.05, 0) is 6.42 Å². The van der Waals surface area contributed by atoms with Crippen molar-refractivity contribution in [3.05, 3.63) is 0 Å². The Bertz CT molecular complexity index is 169. The van der Waals surface area contributed by atoms with Gasteiger partial charge in [0.15, 0.2) is 0 Å². The third-order valence-corrected chi connectivity index (χ3v) is 1.70. The minimum Gasteiger partial charge on any atom is -0.370 e. The van der Waals surface area contributed by atoms with Crippen LogP contribution in [0.15, 0.2) is 0 Å². The summed E-state index contributed by atoms with van der Waals surface area (Å²) in [7, 11) is 0. The molecule has 13 heavy (non-hydrogen) atoms. The molecule has 0 aliphatic heterocycles. The van der Waals surface area contributed by atoms with Gasteiger partial charge in [0.05, 0.1) is 0 Å². The molecule has 0 bridgehead atoms. The summed E-state index contributed by atoms with van der Waals surface area (Å²) >= 11 is 0. The number of rotatable bonds is 7. The van der Waals surface area contributed by atoms with Crippen molar-refractivity contribution < 1.29 is 9.59 Å². The summed E-state index contributed by atoms with van der Waals surface area (Å²) in [5, 5.41) is 2.63. The van der Waals surface area contributed by atoms with Gasteiger partial charge in [0, 0.05) is 19.4 Å². The van der Waals surface area contributed by atoms with E-state index >= 15 is 0 Å². The van der Waals surface area contributed by atoms with Crippen molar-refractivity contribution in [3.63, 3.8) is 0 Å². The summed E-state index contributed by atoms with van der Waals surface area (Å²) in [6.07, 6.45) is 3.86. The van der Waals surface area contributed by atoms with Crippen LogP contribution >= 0.6 is 0 Å². The second-order valence-electron chi connectivity index (χ2n) is 3.02. The van der Waals surface area contributed by atoms with Gasteiger partial charge >= 0.3 is 0 Å². The Balaban J connectivity index is 3.25. The van der Waals surface area contributed by atoms with E-state index in [1.807, 2.05) is 0 Å². The molecule has 0 unspecified atom stereocenters. The minimum absolute atomic E-state index is 0.00898. The monoisotopic (exact) mass is 186 g/mol. The quantitative estimate of drug-likeness (QED) is 0.570. The first-order chi connectivity index (χ1) is 6.16. The Labute approximate surface area is 78.9 Å². The molecule has 4 heteroatoms. The second kappa shape index (κ2) is 7.58. The molecule has 0 rings (SSSR count). The lowest BCUT2D eigenvalue weighted by atomic mass is 10.2. The van der Waals surface area contributed by atoms with Crippen molar-refractivity contribution >= 4 is 11.8 Å². The number of nitrogens with one attached hydrogen (secondary N) is 1. The summed E-state index contributed by atoms with van der Waals surface area (Å²) < 4.78 is 0. The maximum absolute atomic E-state index is 11.0. The lowest BCUT2D eigenvalue weighted by Gasteiger charge is -2.02. The molecule has 0 aliphatic carbocycles. The molecule has 3 N–H and O–H groups in total. The van der Waals surface area contributed by atoms with E-state index in [2.05, 4.69) is 12.2 Å². The maximum Gasteiger partial charge on any atom is 0.220 e. The normalized spacial score (nSPS) is 9.62. The van der Waals surface area contributed by atoms with E-state index in [-0.39, 0.29) is 18.2 Å². The highest BCUT2D eigenvalue weighted by atomic mass is 16.2. The Hall–Kier alpha value is -1.06. The molecule has 0 radical (unpaired) electrons. The van der Waals surface area contributed by atoms with Crippen molar-refractivity contribution in [1.29, 1.82) is 0 Å².